The number of hydrogen-bond donors (Lipinski definition) is 0. The average molecular weight is 354 g/mol. The predicted molar refractivity (Wildman–Crippen MR) is 101 cm³/mol. The molecule has 2 aliphatic rings. The number of rotatable bonds is 4. The summed E-state index contributed by atoms with van der Waals surface area (Å²) in [5.41, 5.74) is 3.60. The summed E-state index contributed by atoms with van der Waals surface area (Å²) < 4.78 is 11.2. The van der Waals surface area contributed by atoms with E-state index in [-0.39, 0.29) is 5.41 Å². The van der Waals surface area contributed by atoms with E-state index in [9.17, 15) is 0 Å². The van der Waals surface area contributed by atoms with Crippen molar-refractivity contribution in [2.45, 2.75) is 25.0 Å². The monoisotopic (exact) mass is 354 g/mol. The van der Waals surface area contributed by atoms with Gasteiger partial charge in [-0.25, -0.2) is 9.97 Å². The summed E-state index contributed by atoms with van der Waals surface area (Å²) in [5, 5.41) is 0. The third-order valence-electron chi connectivity index (χ3n) is 5.39. The van der Waals surface area contributed by atoms with Crippen LogP contribution < -0.4 is 9.64 Å². The zero-order valence-electron chi connectivity index (χ0n) is 15.7. The molecule has 2 aromatic rings. The Kier molecular flexibility index (Phi) is 4.54. The number of methoxy groups -OCH3 is 1. The summed E-state index contributed by atoms with van der Waals surface area (Å²) in [6.07, 6.45) is 3.00. The van der Waals surface area contributed by atoms with Crippen LogP contribution in [0.25, 0.3) is 0 Å². The SMILES string of the molecule is COc1ccc(CN2CC[C@]3(COCc4cnc(N(C)C)nc43)C2)cc1. The lowest BCUT2D eigenvalue weighted by molar-refractivity contribution is 0.0503. The van der Waals surface area contributed by atoms with E-state index in [2.05, 4.69) is 22.0 Å². The Hall–Kier alpha value is -2.18. The molecule has 1 atom stereocenters. The number of fused-ring (bicyclic) bond motifs is 2. The molecule has 1 aromatic carbocycles. The molecule has 1 aromatic heterocycles. The fourth-order valence-electron chi connectivity index (χ4n) is 4.00. The van der Waals surface area contributed by atoms with Gasteiger partial charge in [-0.05, 0) is 30.7 Å². The molecule has 0 unspecified atom stereocenters. The Balaban J connectivity index is 1.55. The molecule has 6 heteroatoms. The largest absolute Gasteiger partial charge is 0.497 e. The molecule has 1 fully saturated rings. The second-order valence-electron chi connectivity index (χ2n) is 7.52. The first-order valence-electron chi connectivity index (χ1n) is 9.06. The van der Waals surface area contributed by atoms with E-state index in [1.165, 1.54) is 11.3 Å². The molecule has 6 nitrogen and oxygen atoms in total. The molecule has 2 aliphatic heterocycles. The Morgan fingerprint density at radius 1 is 1.27 bits per heavy atom. The first-order chi connectivity index (χ1) is 12.6. The predicted octanol–water partition coefficient (Wildman–Crippen LogP) is 2.23. The van der Waals surface area contributed by atoms with Crippen LogP contribution in [0.2, 0.25) is 0 Å². The Labute approximate surface area is 154 Å². The molecule has 26 heavy (non-hydrogen) atoms. The van der Waals surface area contributed by atoms with Gasteiger partial charge in [0.2, 0.25) is 5.95 Å². The zero-order valence-corrected chi connectivity index (χ0v) is 15.7. The molecular weight excluding hydrogens is 328 g/mol. The van der Waals surface area contributed by atoms with E-state index in [1.807, 2.05) is 37.3 Å². The van der Waals surface area contributed by atoms with Gasteiger partial charge in [0.05, 0.1) is 31.4 Å². The molecule has 1 saturated heterocycles. The van der Waals surface area contributed by atoms with Crippen molar-refractivity contribution in [1.29, 1.82) is 0 Å². The molecule has 0 aliphatic carbocycles. The maximum Gasteiger partial charge on any atom is 0.225 e. The fraction of sp³-hybridized carbons (Fsp3) is 0.500. The van der Waals surface area contributed by atoms with Crippen molar-refractivity contribution in [1.82, 2.24) is 14.9 Å². The van der Waals surface area contributed by atoms with Crippen molar-refractivity contribution in [3.8, 4) is 5.75 Å². The van der Waals surface area contributed by atoms with Gasteiger partial charge in [-0.1, -0.05) is 12.1 Å². The van der Waals surface area contributed by atoms with Gasteiger partial charge in [-0.2, -0.15) is 0 Å². The Bertz CT molecular complexity index is 778. The summed E-state index contributed by atoms with van der Waals surface area (Å²) in [6, 6.07) is 8.33. The highest BCUT2D eigenvalue weighted by Crippen LogP contribution is 2.39. The lowest BCUT2D eigenvalue weighted by atomic mass is 9.80. The van der Waals surface area contributed by atoms with Crippen LogP contribution in [0.5, 0.6) is 5.75 Å². The van der Waals surface area contributed by atoms with Gasteiger partial charge in [0, 0.05) is 38.9 Å². The minimum atomic E-state index is -0.0201. The van der Waals surface area contributed by atoms with Crippen LogP contribution in [0.15, 0.2) is 30.5 Å². The number of aromatic nitrogens is 2. The molecule has 138 valence electrons. The van der Waals surface area contributed by atoms with Gasteiger partial charge in [-0.15, -0.1) is 0 Å². The maximum atomic E-state index is 5.93. The van der Waals surface area contributed by atoms with E-state index in [0.717, 1.165) is 49.9 Å². The van der Waals surface area contributed by atoms with Crippen molar-refractivity contribution >= 4 is 5.95 Å². The fourth-order valence-corrected chi connectivity index (χ4v) is 4.00. The van der Waals surface area contributed by atoms with Crippen molar-refractivity contribution in [2.24, 2.45) is 0 Å². The van der Waals surface area contributed by atoms with Gasteiger partial charge in [-0.3, -0.25) is 4.90 Å². The summed E-state index contributed by atoms with van der Waals surface area (Å²) in [4.78, 5) is 13.8. The van der Waals surface area contributed by atoms with Crippen LogP contribution in [0, 0.1) is 0 Å². The smallest absolute Gasteiger partial charge is 0.225 e. The second kappa shape index (κ2) is 6.85. The highest BCUT2D eigenvalue weighted by molar-refractivity contribution is 5.37. The van der Waals surface area contributed by atoms with E-state index in [0.29, 0.717) is 6.61 Å². The highest BCUT2D eigenvalue weighted by atomic mass is 16.5. The first kappa shape index (κ1) is 17.2. The lowest BCUT2D eigenvalue weighted by Crippen LogP contribution is -2.40. The molecule has 0 saturated carbocycles. The van der Waals surface area contributed by atoms with Crippen LogP contribution in [-0.4, -0.2) is 55.8 Å². The summed E-state index contributed by atoms with van der Waals surface area (Å²) >= 11 is 0. The van der Waals surface area contributed by atoms with Gasteiger partial charge in [0.25, 0.3) is 0 Å². The Morgan fingerprint density at radius 3 is 2.81 bits per heavy atom. The van der Waals surface area contributed by atoms with Gasteiger partial charge in [0.1, 0.15) is 5.75 Å². The lowest BCUT2D eigenvalue weighted by Gasteiger charge is -2.34. The van der Waals surface area contributed by atoms with Crippen molar-refractivity contribution < 1.29 is 9.47 Å². The van der Waals surface area contributed by atoms with Crippen LogP contribution >= 0.6 is 0 Å². The second-order valence-corrected chi connectivity index (χ2v) is 7.52. The van der Waals surface area contributed by atoms with Crippen LogP contribution in [0.3, 0.4) is 0 Å². The van der Waals surface area contributed by atoms with Gasteiger partial charge < -0.3 is 14.4 Å². The van der Waals surface area contributed by atoms with Crippen LogP contribution in [0.4, 0.5) is 5.95 Å². The molecule has 0 N–H and O–H groups in total. The topological polar surface area (TPSA) is 50.7 Å². The molecule has 0 amide bonds. The number of anilines is 1. The molecule has 1 spiro atoms. The third kappa shape index (κ3) is 3.15. The van der Waals surface area contributed by atoms with Gasteiger partial charge in [0.15, 0.2) is 0 Å². The third-order valence-corrected chi connectivity index (χ3v) is 5.39. The maximum absolute atomic E-state index is 5.93. The molecule has 4 rings (SSSR count). The minimum Gasteiger partial charge on any atom is -0.497 e. The van der Waals surface area contributed by atoms with E-state index < -0.39 is 0 Å². The zero-order chi connectivity index (χ0) is 18.1. The number of hydrogen-bond acceptors (Lipinski definition) is 6. The standard InChI is InChI=1S/C20H26N4O2/c1-23(2)19-21-10-16-12-26-14-20(18(16)22-19)8-9-24(13-20)11-15-4-6-17(25-3)7-5-15/h4-7,10H,8-9,11-14H2,1-3H3/t20-/m1/s1. The number of benzene rings is 1. The first-order valence-corrected chi connectivity index (χ1v) is 9.06. The van der Waals surface area contributed by atoms with E-state index in [4.69, 9.17) is 14.5 Å². The number of nitrogens with zero attached hydrogens (tertiary/aromatic N) is 4. The molecular formula is C20H26N4O2. The summed E-state index contributed by atoms with van der Waals surface area (Å²) in [7, 11) is 5.67. The van der Waals surface area contributed by atoms with E-state index in [1.54, 1.807) is 7.11 Å². The van der Waals surface area contributed by atoms with Gasteiger partial charge >= 0.3 is 0 Å². The highest BCUT2D eigenvalue weighted by Gasteiger charge is 2.44. The normalized spacial score (nSPS) is 22.4. The van der Waals surface area contributed by atoms with Crippen molar-refractivity contribution in [2.75, 3.05) is 45.8 Å². The van der Waals surface area contributed by atoms with Crippen LogP contribution in [0.1, 0.15) is 23.2 Å². The van der Waals surface area contributed by atoms with E-state index >= 15 is 0 Å². The summed E-state index contributed by atoms with van der Waals surface area (Å²) in [6.45, 7) is 4.31. The molecule has 3 heterocycles. The Morgan fingerprint density at radius 2 is 2.08 bits per heavy atom. The molecule has 0 bridgehead atoms. The quantitative estimate of drug-likeness (QED) is 0.839. The summed E-state index contributed by atoms with van der Waals surface area (Å²) in [5.74, 6) is 1.67. The number of likely N-dealkylation sites (tertiary alicyclic amines) is 1. The number of ether oxygens (including phenoxy) is 2. The average Bonchev–Trinajstić information content (AvgIpc) is 3.05. The molecule has 0 radical (unpaired) electrons. The minimum absolute atomic E-state index is 0.0201. The van der Waals surface area contributed by atoms with Crippen molar-refractivity contribution in [3.63, 3.8) is 0 Å². The van der Waals surface area contributed by atoms with Crippen molar-refractivity contribution in [3.05, 3.63) is 47.3 Å². The van der Waals surface area contributed by atoms with Crippen LogP contribution in [-0.2, 0) is 23.3 Å².